The summed E-state index contributed by atoms with van der Waals surface area (Å²) in [4.78, 5) is 8.54. The summed E-state index contributed by atoms with van der Waals surface area (Å²) in [6.07, 6.45) is 0. The lowest BCUT2D eigenvalue weighted by Crippen LogP contribution is -1.78. The number of nitrogens with zero attached hydrogens (tertiary/aromatic N) is 2. The fraction of sp³-hybridized carbons (Fsp3) is 0.0909. The zero-order valence-corrected chi connectivity index (χ0v) is 9.98. The second-order valence-electron chi connectivity index (χ2n) is 3.40. The maximum atomic E-state index is 5.51. The molecule has 0 unspecified atom stereocenters. The van der Waals surface area contributed by atoms with Crippen LogP contribution in [-0.2, 0) is 0 Å². The molecular formula is C11H7BrN2O2. The molecule has 3 heterocycles. The summed E-state index contributed by atoms with van der Waals surface area (Å²) in [5, 5.41) is 0. The van der Waals surface area contributed by atoms with Crippen LogP contribution in [0.5, 0.6) is 0 Å². The number of hydrogen-bond donors (Lipinski definition) is 0. The Labute approximate surface area is 99.4 Å². The van der Waals surface area contributed by atoms with Gasteiger partial charge in [-0.05, 0) is 47.1 Å². The van der Waals surface area contributed by atoms with Crippen molar-refractivity contribution in [3.8, 4) is 11.7 Å². The summed E-state index contributed by atoms with van der Waals surface area (Å²) in [6.45, 7) is 1.91. The van der Waals surface area contributed by atoms with Crippen LogP contribution in [0, 0.1) is 6.92 Å². The van der Waals surface area contributed by atoms with Crippen LogP contribution in [0.1, 0.15) is 5.69 Å². The van der Waals surface area contributed by atoms with Gasteiger partial charge < -0.3 is 8.83 Å². The standard InChI is InChI=1S/C11H7BrN2O2/c1-6-2-3-7-10(13-6)16-11(14-7)8-4-5-9(12)15-8/h2-5H,1H3. The molecule has 3 rings (SSSR count). The van der Waals surface area contributed by atoms with Gasteiger partial charge in [-0.1, -0.05) is 0 Å². The van der Waals surface area contributed by atoms with E-state index in [0.717, 1.165) is 11.2 Å². The van der Waals surface area contributed by atoms with Crippen molar-refractivity contribution < 1.29 is 8.83 Å². The van der Waals surface area contributed by atoms with E-state index in [1.807, 2.05) is 19.1 Å². The zero-order chi connectivity index (χ0) is 11.1. The predicted molar refractivity (Wildman–Crippen MR) is 61.9 cm³/mol. The van der Waals surface area contributed by atoms with Crippen molar-refractivity contribution in [3.63, 3.8) is 0 Å². The van der Waals surface area contributed by atoms with Gasteiger partial charge in [0.15, 0.2) is 10.4 Å². The normalized spacial score (nSPS) is 11.1. The molecule has 0 atom stereocenters. The monoisotopic (exact) mass is 278 g/mol. The van der Waals surface area contributed by atoms with Gasteiger partial charge in [-0.15, -0.1) is 0 Å². The number of furan rings is 1. The Morgan fingerprint density at radius 2 is 1.94 bits per heavy atom. The number of pyridine rings is 1. The molecule has 0 radical (unpaired) electrons. The quantitative estimate of drug-likeness (QED) is 0.683. The molecule has 0 spiro atoms. The number of fused-ring (bicyclic) bond motifs is 1. The van der Waals surface area contributed by atoms with E-state index < -0.39 is 0 Å². The van der Waals surface area contributed by atoms with E-state index in [0.29, 0.717) is 22.0 Å². The number of aryl methyl sites for hydroxylation is 1. The van der Waals surface area contributed by atoms with Crippen LogP contribution in [-0.4, -0.2) is 9.97 Å². The molecule has 0 fully saturated rings. The highest BCUT2D eigenvalue weighted by Crippen LogP contribution is 2.26. The molecule has 5 heteroatoms. The van der Waals surface area contributed by atoms with E-state index in [4.69, 9.17) is 8.83 Å². The number of halogens is 1. The molecule has 0 aliphatic heterocycles. The first-order chi connectivity index (χ1) is 7.72. The van der Waals surface area contributed by atoms with Crippen molar-refractivity contribution in [1.82, 2.24) is 9.97 Å². The second kappa shape index (κ2) is 3.45. The zero-order valence-electron chi connectivity index (χ0n) is 8.40. The molecule has 3 aromatic heterocycles. The molecule has 0 N–H and O–H groups in total. The Balaban J connectivity index is 2.18. The lowest BCUT2D eigenvalue weighted by Gasteiger charge is -1.87. The molecule has 0 saturated heterocycles. The van der Waals surface area contributed by atoms with E-state index in [2.05, 4.69) is 25.9 Å². The van der Waals surface area contributed by atoms with E-state index in [9.17, 15) is 0 Å². The van der Waals surface area contributed by atoms with Crippen LogP contribution in [0.2, 0.25) is 0 Å². The number of hydrogen-bond acceptors (Lipinski definition) is 4. The largest absolute Gasteiger partial charge is 0.444 e. The summed E-state index contributed by atoms with van der Waals surface area (Å²) in [6, 6.07) is 7.36. The average molecular weight is 279 g/mol. The minimum atomic E-state index is 0.443. The Morgan fingerprint density at radius 1 is 1.06 bits per heavy atom. The number of aromatic nitrogens is 2. The Hall–Kier alpha value is -1.62. The SMILES string of the molecule is Cc1ccc2nc(-c3ccc(Br)o3)oc2n1. The lowest BCUT2D eigenvalue weighted by molar-refractivity contribution is 0.515. The summed E-state index contributed by atoms with van der Waals surface area (Å²) < 4.78 is 11.5. The van der Waals surface area contributed by atoms with Gasteiger partial charge in [0.25, 0.3) is 5.89 Å². The Bertz CT molecular complexity index is 657. The van der Waals surface area contributed by atoms with Crippen molar-refractivity contribution in [2.24, 2.45) is 0 Å². The number of oxazole rings is 1. The van der Waals surface area contributed by atoms with Gasteiger partial charge in [0, 0.05) is 5.69 Å². The molecule has 4 nitrogen and oxygen atoms in total. The van der Waals surface area contributed by atoms with Gasteiger partial charge in [-0.25, -0.2) is 9.97 Å². The van der Waals surface area contributed by atoms with Crippen molar-refractivity contribution in [2.75, 3.05) is 0 Å². The average Bonchev–Trinajstić information content (AvgIpc) is 2.83. The fourth-order valence-electron chi connectivity index (χ4n) is 1.44. The summed E-state index contributed by atoms with van der Waals surface area (Å²) in [5.41, 5.74) is 2.16. The van der Waals surface area contributed by atoms with E-state index in [1.54, 1.807) is 12.1 Å². The Kier molecular flexibility index (Phi) is 2.07. The summed E-state index contributed by atoms with van der Waals surface area (Å²) in [5.74, 6) is 1.03. The Morgan fingerprint density at radius 3 is 2.69 bits per heavy atom. The van der Waals surface area contributed by atoms with Crippen LogP contribution in [0.25, 0.3) is 22.9 Å². The minimum Gasteiger partial charge on any atom is -0.444 e. The third-order valence-electron chi connectivity index (χ3n) is 2.18. The third kappa shape index (κ3) is 1.53. The predicted octanol–water partition coefficient (Wildman–Crippen LogP) is 3.55. The molecule has 0 amide bonds. The van der Waals surface area contributed by atoms with Gasteiger partial charge in [0.1, 0.15) is 5.52 Å². The molecule has 3 aromatic rings. The van der Waals surface area contributed by atoms with E-state index in [1.165, 1.54) is 0 Å². The minimum absolute atomic E-state index is 0.443. The molecule has 80 valence electrons. The highest BCUT2D eigenvalue weighted by atomic mass is 79.9. The first-order valence-corrected chi connectivity index (χ1v) is 5.51. The van der Waals surface area contributed by atoms with Gasteiger partial charge in [-0.2, -0.15) is 0 Å². The van der Waals surface area contributed by atoms with Gasteiger partial charge in [0.05, 0.1) is 0 Å². The van der Waals surface area contributed by atoms with E-state index in [-0.39, 0.29) is 0 Å². The van der Waals surface area contributed by atoms with E-state index >= 15 is 0 Å². The van der Waals surface area contributed by atoms with Crippen LogP contribution < -0.4 is 0 Å². The smallest absolute Gasteiger partial charge is 0.265 e. The maximum Gasteiger partial charge on any atom is 0.265 e. The van der Waals surface area contributed by atoms with Gasteiger partial charge in [0.2, 0.25) is 5.71 Å². The van der Waals surface area contributed by atoms with Crippen LogP contribution >= 0.6 is 15.9 Å². The molecule has 0 aliphatic rings. The van der Waals surface area contributed by atoms with Crippen LogP contribution in [0.4, 0.5) is 0 Å². The van der Waals surface area contributed by atoms with Crippen molar-refractivity contribution in [2.45, 2.75) is 6.92 Å². The van der Waals surface area contributed by atoms with Crippen molar-refractivity contribution in [1.29, 1.82) is 0 Å². The first-order valence-electron chi connectivity index (χ1n) is 4.72. The molecule has 0 aliphatic carbocycles. The summed E-state index contributed by atoms with van der Waals surface area (Å²) >= 11 is 3.23. The fourth-order valence-corrected chi connectivity index (χ4v) is 1.75. The second-order valence-corrected chi connectivity index (χ2v) is 4.18. The molecular weight excluding hydrogens is 272 g/mol. The molecule has 0 saturated carbocycles. The lowest BCUT2D eigenvalue weighted by atomic mass is 10.4. The molecule has 0 bridgehead atoms. The van der Waals surface area contributed by atoms with Crippen molar-refractivity contribution in [3.05, 3.63) is 34.6 Å². The first kappa shape index (κ1) is 9.59. The molecule has 16 heavy (non-hydrogen) atoms. The highest BCUT2D eigenvalue weighted by Gasteiger charge is 2.12. The summed E-state index contributed by atoms with van der Waals surface area (Å²) in [7, 11) is 0. The van der Waals surface area contributed by atoms with Gasteiger partial charge >= 0.3 is 0 Å². The highest BCUT2D eigenvalue weighted by molar-refractivity contribution is 9.10. The number of rotatable bonds is 1. The third-order valence-corrected chi connectivity index (χ3v) is 2.60. The van der Waals surface area contributed by atoms with Crippen LogP contribution in [0.15, 0.2) is 37.8 Å². The topological polar surface area (TPSA) is 52.1 Å². The van der Waals surface area contributed by atoms with Crippen molar-refractivity contribution >= 4 is 27.2 Å². The molecule has 0 aromatic carbocycles. The van der Waals surface area contributed by atoms with Crippen LogP contribution in [0.3, 0.4) is 0 Å². The maximum absolute atomic E-state index is 5.51. The van der Waals surface area contributed by atoms with Gasteiger partial charge in [-0.3, -0.25) is 0 Å².